The summed E-state index contributed by atoms with van der Waals surface area (Å²) in [6.07, 6.45) is 0.736. The molecule has 1 atom stereocenters. The van der Waals surface area contributed by atoms with Gasteiger partial charge in [-0.05, 0) is 53.3 Å². The minimum atomic E-state index is -1.49. The summed E-state index contributed by atoms with van der Waals surface area (Å²) < 4.78 is 27.4. The summed E-state index contributed by atoms with van der Waals surface area (Å²) in [4.78, 5) is 35.6. The van der Waals surface area contributed by atoms with Crippen molar-refractivity contribution in [3.05, 3.63) is 123 Å². The molecule has 1 aromatic heterocycles. The maximum atomic E-state index is 13.7. The summed E-state index contributed by atoms with van der Waals surface area (Å²) in [5.41, 5.74) is 2.76. The fourth-order valence-electron chi connectivity index (χ4n) is 5.31. The number of rotatable bonds is 5. The normalized spacial score (nSPS) is 16.6. The highest BCUT2D eigenvalue weighted by Gasteiger charge is 2.48. The van der Waals surface area contributed by atoms with Gasteiger partial charge in [0.1, 0.15) is 17.5 Å². The monoisotopic (exact) mass is 513 g/mol. The van der Waals surface area contributed by atoms with Crippen molar-refractivity contribution in [3.63, 3.8) is 0 Å². The van der Waals surface area contributed by atoms with Crippen molar-refractivity contribution < 1.29 is 18.7 Å². The largest absolute Gasteiger partial charge is 0.378 e. The van der Waals surface area contributed by atoms with Gasteiger partial charge in [-0.2, -0.15) is 0 Å². The molecule has 2 heterocycles. The second-order valence-electron chi connectivity index (χ2n) is 9.98. The number of nitrogens with zero attached hydrogens (tertiary/aromatic N) is 2. The van der Waals surface area contributed by atoms with Crippen LogP contribution < -0.4 is 5.56 Å². The summed E-state index contributed by atoms with van der Waals surface area (Å²) in [7, 11) is 0. The SMILES string of the molecule is O=C(C(O)c1cccc(-c2cc(F)cc(F)c2)c1)N1CCc2nc(C3(c4ccccc4)CC3)[nH]c(=O)c2C1. The molecule has 2 aliphatic rings. The molecule has 4 aromatic rings. The average Bonchev–Trinajstić information content (AvgIpc) is 3.74. The molecule has 2 N–H and O–H groups in total. The molecule has 1 saturated carbocycles. The van der Waals surface area contributed by atoms with Crippen LogP contribution in [0.1, 0.15) is 47.2 Å². The number of aromatic nitrogens is 2. The number of carbonyl (C=O) groups excluding carboxylic acids is 1. The van der Waals surface area contributed by atoms with Gasteiger partial charge in [-0.1, -0.05) is 48.5 Å². The molecule has 6 nitrogen and oxygen atoms in total. The summed E-state index contributed by atoms with van der Waals surface area (Å²) >= 11 is 0. The zero-order valence-electron chi connectivity index (χ0n) is 20.5. The van der Waals surface area contributed by atoms with Gasteiger partial charge in [0.15, 0.2) is 6.10 Å². The number of amides is 1. The van der Waals surface area contributed by atoms with Crippen LogP contribution in [0.15, 0.2) is 77.6 Å². The molecular formula is C30H25F2N3O3. The first-order valence-electron chi connectivity index (χ1n) is 12.6. The van der Waals surface area contributed by atoms with Crippen molar-refractivity contribution in [1.29, 1.82) is 0 Å². The lowest BCUT2D eigenvalue weighted by molar-refractivity contribution is -0.141. The number of aliphatic hydroxyl groups is 1. The molecule has 38 heavy (non-hydrogen) atoms. The van der Waals surface area contributed by atoms with E-state index in [0.717, 1.165) is 24.5 Å². The van der Waals surface area contributed by atoms with Gasteiger partial charge in [0, 0.05) is 19.0 Å². The number of carbonyl (C=O) groups is 1. The smallest absolute Gasteiger partial charge is 0.256 e. The van der Waals surface area contributed by atoms with Gasteiger partial charge in [0.25, 0.3) is 11.5 Å². The van der Waals surface area contributed by atoms with Crippen LogP contribution in [-0.2, 0) is 23.2 Å². The van der Waals surface area contributed by atoms with Gasteiger partial charge in [-0.15, -0.1) is 0 Å². The molecule has 3 aromatic carbocycles. The highest BCUT2D eigenvalue weighted by molar-refractivity contribution is 5.83. The third-order valence-corrected chi connectivity index (χ3v) is 7.54. The average molecular weight is 514 g/mol. The van der Waals surface area contributed by atoms with E-state index in [2.05, 4.69) is 4.98 Å². The topological polar surface area (TPSA) is 86.3 Å². The minimum Gasteiger partial charge on any atom is -0.378 e. The Hall–Kier alpha value is -4.17. The molecule has 0 saturated heterocycles. The summed E-state index contributed by atoms with van der Waals surface area (Å²) in [6, 6.07) is 19.6. The van der Waals surface area contributed by atoms with E-state index < -0.39 is 23.6 Å². The maximum Gasteiger partial charge on any atom is 0.256 e. The van der Waals surface area contributed by atoms with Crippen molar-refractivity contribution in [3.8, 4) is 11.1 Å². The van der Waals surface area contributed by atoms with E-state index in [1.54, 1.807) is 18.2 Å². The molecule has 0 bridgehead atoms. The van der Waals surface area contributed by atoms with E-state index >= 15 is 0 Å². The second kappa shape index (κ2) is 9.29. The van der Waals surface area contributed by atoms with Crippen molar-refractivity contribution >= 4 is 5.91 Å². The fourth-order valence-corrected chi connectivity index (χ4v) is 5.31. The number of hydrogen-bond donors (Lipinski definition) is 2. The number of H-pyrrole nitrogens is 1. The zero-order chi connectivity index (χ0) is 26.4. The van der Waals surface area contributed by atoms with E-state index in [1.807, 2.05) is 30.3 Å². The Kier molecular flexibility index (Phi) is 5.91. The van der Waals surface area contributed by atoms with Gasteiger partial charge in [-0.25, -0.2) is 13.8 Å². The van der Waals surface area contributed by atoms with Crippen LogP contribution in [0.25, 0.3) is 11.1 Å². The molecule has 1 unspecified atom stereocenters. The molecule has 1 aliphatic carbocycles. The van der Waals surface area contributed by atoms with Crippen LogP contribution in [0, 0.1) is 11.6 Å². The molecule has 6 rings (SSSR count). The Morgan fingerprint density at radius 1 is 0.974 bits per heavy atom. The predicted molar refractivity (Wildman–Crippen MR) is 137 cm³/mol. The highest BCUT2D eigenvalue weighted by Crippen LogP contribution is 2.52. The Balaban J connectivity index is 1.23. The standard InChI is InChI=1S/C30H25F2N3O3/c31-22-14-20(15-23(32)16-22)18-5-4-6-19(13-18)26(36)28(38)35-12-9-25-24(17-35)27(37)34-29(33-25)30(10-11-30)21-7-2-1-3-8-21/h1-8,13-16,26,36H,9-12,17H2,(H,33,34,37). The van der Waals surface area contributed by atoms with Gasteiger partial charge in [0.05, 0.1) is 23.2 Å². The molecule has 192 valence electrons. The molecule has 0 radical (unpaired) electrons. The second-order valence-corrected chi connectivity index (χ2v) is 9.98. The van der Waals surface area contributed by atoms with Crippen LogP contribution in [0.2, 0.25) is 0 Å². The first-order valence-corrected chi connectivity index (χ1v) is 12.6. The Morgan fingerprint density at radius 2 is 1.71 bits per heavy atom. The van der Waals surface area contributed by atoms with Crippen LogP contribution in [0.5, 0.6) is 0 Å². The number of aliphatic hydroxyl groups excluding tert-OH is 1. The quantitative estimate of drug-likeness (QED) is 0.414. The van der Waals surface area contributed by atoms with E-state index in [1.165, 1.54) is 23.1 Å². The van der Waals surface area contributed by atoms with Crippen LogP contribution in [0.3, 0.4) is 0 Å². The molecule has 1 aliphatic heterocycles. The highest BCUT2D eigenvalue weighted by atomic mass is 19.1. The van der Waals surface area contributed by atoms with Crippen molar-refractivity contribution in [2.24, 2.45) is 0 Å². The summed E-state index contributed by atoms with van der Waals surface area (Å²) in [6.45, 7) is 0.354. The first-order chi connectivity index (χ1) is 18.3. The number of nitrogens with one attached hydrogen (secondary N) is 1. The third-order valence-electron chi connectivity index (χ3n) is 7.54. The maximum absolute atomic E-state index is 13.7. The summed E-state index contributed by atoms with van der Waals surface area (Å²) in [5.74, 6) is -1.32. The lowest BCUT2D eigenvalue weighted by atomic mass is 9.94. The Bertz CT molecular complexity index is 1580. The van der Waals surface area contributed by atoms with Gasteiger partial charge in [0.2, 0.25) is 0 Å². The Morgan fingerprint density at radius 3 is 2.42 bits per heavy atom. The lowest BCUT2D eigenvalue weighted by Crippen LogP contribution is -2.42. The molecule has 1 fully saturated rings. The predicted octanol–water partition coefficient (Wildman–Crippen LogP) is 4.41. The van der Waals surface area contributed by atoms with Crippen LogP contribution in [-0.4, -0.2) is 32.4 Å². The lowest BCUT2D eigenvalue weighted by Gasteiger charge is -2.30. The van der Waals surface area contributed by atoms with Crippen molar-refractivity contribution in [2.45, 2.75) is 37.3 Å². The fraction of sp³-hybridized carbons (Fsp3) is 0.233. The first kappa shape index (κ1) is 24.2. The zero-order valence-corrected chi connectivity index (χ0v) is 20.5. The van der Waals surface area contributed by atoms with Crippen molar-refractivity contribution in [2.75, 3.05) is 6.54 Å². The van der Waals surface area contributed by atoms with E-state index in [-0.39, 0.29) is 17.5 Å². The number of fused-ring (bicyclic) bond motifs is 1. The number of benzene rings is 3. The number of hydrogen-bond acceptors (Lipinski definition) is 4. The van der Waals surface area contributed by atoms with Gasteiger partial charge >= 0.3 is 0 Å². The minimum absolute atomic E-state index is 0.0426. The van der Waals surface area contributed by atoms with E-state index in [9.17, 15) is 23.5 Å². The number of halogens is 2. The number of aromatic amines is 1. The van der Waals surface area contributed by atoms with Crippen LogP contribution in [0.4, 0.5) is 8.78 Å². The van der Waals surface area contributed by atoms with Crippen molar-refractivity contribution in [1.82, 2.24) is 14.9 Å². The van der Waals surface area contributed by atoms with Crippen LogP contribution >= 0.6 is 0 Å². The molecule has 1 amide bonds. The van der Waals surface area contributed by atoms with Gasteiger partial charge < -0.3 is 15.0 Å². The van der Waals surface area contributed by atoms with E-state index in [4.69, 9.17) is 4.98 Å². The third kappa shape index (κ3) is 4.31. The molecule has 8 heteroatoms. The molecular weight excluding hydrogens is 488 g/mol. The Labute approximate surface area is 217 Å². The van der Waals surface area contributed by atoms with E-state index in [0.29, 0.717) is 46.7 Å². The van der Waals surface area contributed by atoms with Gasteiger partial charge in [-0.3, -0.25) is 9.59 Å². The molecule has 0 spiro atoms. The summed E-state index contributed by atoms with van der Waals surface area (Å²) in [5, 5.41) is 10.9.